The van der Waals surface area contributed by atoms with Crippen LogP contribution in [0.1, 0.15) is 24.2 Å². The van der Waals surface area contributed by atoms with Gasteiger partial charge in [0, 0.05) is 44.5 Å². The van der Waals surface area contributed by atoms with Crippen molar-refractivity contribution in [2.45, 2.75) is 13.8 Å². The maximum absolute atomic E-state index is 12.0. The highest BCUT2D eigenvalue weighted by Gasteiger charge is 2.10. The van der Waals surface area contributed by atoms with Gasteiger partial charge in [-0.2, -0.15) is 0 Å². The van der Waals surface area contributed by atoms with E-state index in [1.165, 1.54) is 0 Å². The fourth-order valence-corrected chi connectivity index (χ4v) is 2.23. The lowest BCUT2D eigenvalue weighted by atomic mass is 10.2. The van der Waals surface area contributed by atoms with Crippen LogP contribution in [0.3, 0.4) is 0 Å². The number of nitrogens with zero attached hydrogens (tertiary/aromatic N) is 2. The summed E-state index contributed by atoms with van der Waals surface area (Å²) < 4.78 is 5.33. The van der Waals surface area contributed by atoms with Crippen molar-refractivity contribution < 1.29 is 9.53 Å². The first-order chi connectivity index (χ1) is 10.6. The average Bonchev–Trinajstić information content (AvgIpc) is 2.54. The molecule has 1 amide bonds. The molecule has 2 rings (SSSR count). The van der Waals surface area contributed by atoms with Crippen LogP contribution < -0.4 is 10.6 Å². The number of nitrogens with one attached hydrogen (secondary N) is 2. The van der Waals surface area contributed by atoms with Crippen molar-refractivity contribution in [1.82, 2.24) is 15.2 Å². The van der Waals surface area contributed by atoms with Gasteiger partial charge in [-0.15, -0.1) is 0 Å². The van der Waals surface area contributed by atoms with E-state index < -0.39 is 0 Å². The largest absolute Gasteiger partial charge is 0.379 e. The Morgan fingerprint density at radius 2 is 2.18 bits per heavy atom. The van der Waals surface area contributed by atoms with E-state index in [0.29, 0.717) is 18.0 Å². The van der Waals surface area contributed by atoms with Gasteiger partial charge in [-0.1, -0.05) is 13.8 Å². The van der Waals surface area contributed by atoms with Crippen LogP contribution in [-0.4, -0.2) is 61.7 Å². The van der Waals surface area contributed by atoms with E-state index in [1.807, 2.05) is 0 Å². The van der Waals surface area contributed by atoms with Crippen LogP contribution in [0, 0.1) is 5.92 Å². The number of morpholine rings is 1. The smallest absolute Gasteiger partial charge is 0.251 e. The van der Waals surface area contributed by atoms with Crippen molar-refractivity contribution >= 4 is 11.7 Å². The van der Waals surface area contributed by atoms with Gasteiger partial charge in [0.25, 0.3) is 5.91 Å². The van der Waals surface area contributed by atoms with Crippen molar-refractivity contribution in [3.63, 3.8) is 0 Å². The van der Waals surface area contributed by atoms with Gasteiger partial charge in [0.1, 0.15) is 5.82 Å². The van der Waals surface area contributed by atoms with Crippen LogP contribution in [-0.2, 0) is 4.74 Å². The number of hydrogen-bond acceptors (Lipinski definition) is 5. The Labute approximate surface area is 132 Å². The molecule has 6 nitrogen and oxygen atoms in total. The molecule has 1 aromatic rings. The fourth-order valence-electron chi connectivity index (χ4n) is 2.23. The number of aromatic nitrogens is 1. The van der Waals surface area contributed by atoms with Crippen LogP contribution in [0.25, 0.3) is 0 Å². The third kappa shape index (κ3) is 5.61. The quantitative estimate of drug-likeness (QED) is 0.793. The van der Waals surface area contributed by atoms with E-state index in [2.05, 4.69) is 34.4 Å². The zero-order chi connectivity index (χ0) is 15.8. The van der Waals surface area contributed by atoms with E-state index in [0.717, 1.165) is 45.2 Å². The van der Waals surface area contributed by atoms with Gasteiger partial charge in [-0.25, -0.2) is 4.98 Å². The van der Waals surface area contributed by atoms with Crippen LogP contribution in [0.5, 0.6) is 0 Å². The number of rotatable bonds is 7. The summed E-state index contributed by atoms with van der Waals surface area (Å²) in [6.45, 7) is 10.2. The van der Waals surface area contributed by atoms with E-state index in [9.17, 15) is 4.79 Å². The first kappa shape index (κ1) is 16.7. The minimum atomic E-state index is -0.0488. The SMILES string of the molecule is CC(C)CNC(=O)c1ccnc(NCCN2CCOCC2)c1. The van der Waals surface area contributed by atoms with Crippen molar-refractivity contribution in [3.05, 3.63) is 23.9 Å². The normalized spacial score (nSPS) is 15.8. The van der Waals surface area contributed by atoms with Gasteiger partial charge < -0.3 is 15.4 Å². The summed E-state index contributed by atoms with van der Waals surface area (Å²) in [4.78, 5) is 18.7. The maximum Gasteiger partial charge on any atom is 0.251 e. The van der Waals surface area contributed by atoms with Crippen molar-refractivity contribution in [3.8, 4) is 0 Å². The molecule has 1 aliphatic rings. The molecule has 0 unspecified atom stereocenters. The summed E-state index contributed by atoms with van der Waals surface area (Å²) in [7, 11) is 0. The molecule has 6 heteroatoms. The second kappa shape index (κ2) is 8.70. The highest BCUT2D eigenvalue weighted by atomic mass is 16.5. The summed E-state index contributed by atoms with van der Waals surface area (Å²) in [5, 5.41) is 6.20. The van der Waals surface area contributed by atoms with Gasteiger partial charge >= 0.3 is 0 Å². The summed E-state index contributed by atoms with van der Waals surface area (Å²) in [5.41, 5.74) is 0.643. The standard InChI is InChI=1S/C16H26N4O2/c1-13(2)12-19-16(21)14-3-4-17-15(11-14)18-5-6-20-7-9-22-10-8-20/h3-4,11,13H,5-10,12H2,1-2H3,(H,17,18)(H,19,21). The number of carbonyl (C=O) groups is 1. The molecule has 0 aromatic carbocycles. The van der Waals surface area contributed by atoms with Gasteiger partial charge in [-0.3, -0.25) is 9.69 Å². The molecule has 1 aromatic heterocycles. The second-order valence-corrected chi connectivity index (χ2v) is 5.91. The van der Waals surface area contributed by atoms with Gasteiger partial charge in [0.2, 0.25) is 0 Å². The number of carbonyl (C=O) groups excluding carboxylic acids is 1. The molecule has 1 aliphatic heterocycles. The first-order valence-corrected chi connectivity index (χ1v) is 7.93. The molecule has 0 bridgehead atoms. The summed E-state index contributed by atoms with van der Waals surface area (Å²) in [6.07, 6.45) is 1.67. The molecule has 0 spiro atoms. The van der Waals surface area contributed by atoms with Crippen LogP contribution in [0.4, 0.5) is 5.82 Å². The second-order valence-electron chi connectivity index (χ2n) is 5.91. The van der Waals surface area contributed by atoms with Crippen molar-refractivity contribution in [1.29, 1.82) is 0 Å². The van der Waals surface area contributed by atoms with Gasteiger partial charge in [0.15, 0.2) is 0 Å². The Morgan fingerprint density at radius 1 is 1.41 bits per heavy atom. The Balaban J connectivity index is 1.79. The van der Waals surface area contributed by atoms with Crippen LogP contribution >= 0.6 is 0 Å². The van der Waals surface area contributed by atoms with Crippen LogP contribution in [0.15, 0.2) is 18.3 Å². The molecular formula is C16H26N4O2. The highest BCUT2D eigenvalue weighted by molar-refractivity contribution is 5.94. The Morgan fingerprint density at radius 3 is 2.91 bits per heavy atom. The minimum absolute atomic E-state index is 0.0488. The van der Waals surface area contributed by atoms with Gasteiger partial charge in [-0.05, 0) is 18.1 Å². The number of amides is 1. The zero-order valence-electron chi connectivity index (χ0n) is 13.5. The topological polar surface area (TPSA) is 66.5 Å². The Hall–Kier alpha value is -1.66. The molecule has 1 saturated heterocycles. The molecule has 0 atom stereocenters. The summed E-state index contributed by atoms with van der Waals surface area (Å²) in [5.74, 6) is 1.13. The third-order valence-electron chi connectivity index (χ3n) is 3.53. The molecule has 122 valence electrons. The molecule has 1 fully saturated rings. The zero-order valence-corrected chi connectivity index (χ0v) is 13.5. The average molecular weight is 306 g/mol. The van der Waals surface area contributed by atoms with E-state index in [1.54, 1.807) is 18.3 Å². The molecule has 0 saturated carbocycles. The number of pyridine rings is 1. The van der Waals surface area contributed by atoms with Gasteiger partial charge in [0.05, 0.1) is 13.2 Å². The minimum Gasteiger partial charge on any atom is -0.379 e. The van der Waals surface area contributed by atoms with Crippen molar-refractivity contribution in [2.24, 2.45) is 5.92 Å². The van der Waals surface area contributed by atoms with Crippen molar-refractivity contribution in [2.75, 3.05) is 51.3 Å². The number of ether oxygens (including phenoxy) is 1. The molecular weight excluding hydrogens is 280 g/mol. The first-order valence-electron chi connectivity index (χ1n) is 7.93. The summed E-state index contributed by atoms with van der Waals surface area (Å²) >= 11 is 0. The molecule has 0 aliphatic carbocycles. The lowest BCUT2D eigenvalue weighted by molar-refractivity contribution is 0.0398. The fraction of sp³-hybridized carbons (Fsp3) is 0.625. The molecule has 0 radical (unpaired) electrons. The summed E-state index contributed by atoms with van der Waals surface area (Å²) in [6, 6.07) is 3.54. The molecule has 2 N–H and O–H groups in total. The van der Waals surface area contributed by atoms with Crippen LogP contribution in [0.2, 0.25) is 0 Å². The lowest BCUT2D eigenvalue weighted by Gasteiger charge is -2.26. The van der Waals surface area contributed by atoms with E-state index >= 15 is 0 Å². The Kier molecular flexibility index (Phi) is 6.61. The highest BCUT2D eigenvalue weighted by Crippen LogP contribution is 2.07. The third-order valence-corrected chi connectivity index (χ3v) is 3.53. The molecule has 2 heterocycles. The maximum atomic E-state index is 12.0. The predicted octanol–water partition coefficient (Wildman–Crippen LogP) is 1.21. The predicted molar refractivity (Wildman–Crippen MR) is 87.2 cm³/mol. The monoisotopic (exact) mass is 306 g/mol. The molecule has 22 heavy (non-hydrogen) atoms. The Bertz CT molecular complexity index is 473. The lowest BCUT2D eigenvalue weighted by Crippen LogP contribution is -2.39. The number of anilines is 1. The van der Waals surface area contributed by atoms with E-state index in [-0.39, 0.29) is 5.91 Å². The number of hydrogen-bond donors (Lipinski definition) is 2. The van der Waals surface area contributed by atoms with E-state index in [4.69, 9.17) is 4.74 Å².